The van der Waals surface area contributed by atoms with Crippen LogP contribution in [0.2, 0.25) is 0 Å². The number of piperazine rings is 1. The molecule has 120 valence electrons. The Bertz CT molecular complexity index is 392. The molecule has 7 nitrogen and oxygen atoms in total. The first-order valence-corrected chi connectivity index (χ1v) is 7.29. The molecule has 1 heterocycles. The number of hydrogen-bond acceptors (Lipinski definition) is 4. The highest BCUT2D eigenvalue weighted by molar-refractivity contribution is 5.84. The Kier molecular flexibility index (Phi) is 6.45. The Morgan fingerprint density at radius 1 is 1.14 bits per heavy atom. The summed E-state index contributed by atoms with van der Waals surface area (Å²) in [5.41, 5.74) is 0. The Hall–Kier alpha value is -1.79. The number of amides is 3. The van der Waals surface area contributed by atoms with Gasteiger partial charge >= 0.3 is 12.0 Å². The number of urea groups is 1. The van der Waals surface area contributed by atoms with E-state index in [4.69, 9.17) is 4.74 Å². The monoisotopic (exact) mass is 299 g/mol. The van der Waals surface area contributed by atoms with Crippen molar-refractivity contribution in [1.82, 2.24) is 15.1 Å². The quantitative estimate of drug-likeness (QED) is 0.764. The number of carbonyl (C=O) groups excluding carboxylic acids is 3. The lowest BCUT2D eigenvalue weighted by molar-refractivity contribution is -0.144. The molecule has 0 saturated carbocycles. The summed E-state index contributed by atoms with van der Waals surface area (Å²) in [5.74, 6) is -0.415. The zero-order valence-electron chi connectivity index (χ0n) is 13.2. The van der Waals surface area contributed by atoms with Gasteiger partial charge in [-0.05, 0) is 5.92 Å². The van der Waals surface area contributed by atoms with Gasteiger partial charge in [-0.15, -0.1) is 0 Å². The van der Waals surface area contributed by atoms with E-state index < -0.39 is 12.0 Å². The van der Waals surface area contributed by atoms with Crippen LogP contribution in [0.3, 0.4) is 0 Å². The van der Waals surface area contributed by atoms with Gasteiger partial charge in [-0.1, -0.05) is 20.3 Å². The molecule has 0 aromatic rings. The lowest BCUT2D eigenvalue weighted by Gasteiger charge is -2.35. The van der Waals surface area contributed by atoms with Crippen molar-refractivity contribution in [1.29, 1.82) is 0 Å². The van der Waals surface area contributed by atoms with Gasteiger partial charge in [0.2, 0.25) is 5.91 Å². The summed E-state index contributed by atoms with van der Waals surface area (Å²) in [6, 6.07) is -0.924. The Labute approximate surface area is 125 Å². The standard InChI is InChI=1S/C14H25N3O4/c1-5-10(2)12(13(19)21-4)15-14(20)17-8-6-16(7-9-17)11(3)18/h10,12H,5-9H2,1-4H3,(H,15,20)/t10-,12-/m0/s1. The molecule has 0 unspecified atom stereocenters. The van der Waals surface area contributed by atoms with Crippen LogP contribution >= 0.6 is 0 Å². The van der Waals surface area contributed by atoms with Gasteiger partial charge in [0.15, 0.2) is 0 Å². The molecule has 1 aliphatic rings. The van der Waals surface area contributed by atoms with Gasteiger partial charge in [-0.2, -0.15) is 0 Å². The van der Waals surface area contributed by atoms with Crippen LogP contribution in [0.15, 0.2) is 0 Å². The topological polar surface area (TPSA) is 79.0 Å². The number of hydrogen-bond donors (Lipinski definition) is 1. The summed E-state index contributed by atoms with van der Waals surface area (Å²) in [4.78, 5) is 38.6. The zero-order valence-corrected chi connectivity index (χ0v) is 13.2. The largest absolute Gasteiger partial charge is 0.467 e. The maximum absolute atomic E-state index is 12.2. The van der Waals surface area contributed by atoms with Gasteiger partial charge in [0.1, 0.15) is 6.04 Å². The third-order valence-electron chi connectivity index (χ3n) is 3.96. The van der Waals surface area contributed by atoms with Crippen molar-refractivity contribution in [2.75, 3.05) is 33.3 Å². The number of ether oxygens (including phenoxy) is 1. The highest BCUT2D eigenvalue weighted by atomic mass is 16.5. The molecule has 1 fully saturated rings. The van der Waals surface area contributed by atoms with Crippen LogP contribution in [0.4, 0.5) is 4.79 Å². The average Bonchev–Trinajstić information content (AvgIpc) is 2.50. The fourth-order valence-corrected chi connectivity index (χ4v) is 2.24. The van der Waals surface area contributed by atoms with Crippen molar-refractivity contribution in [3.05, 3.63) is 0 Å². The van der Waals surface area contributed by atoms with Crippen LogP contribution in [0.5, 0.6) is 0 Å². The van der Waals surface area contributed by atoms with Crippen LogP contribution in [-0.2, 0) is 14.3 Å². The van der Waals surface area contributed by atoms with Crippen molar-refractivity contribution < 1.29 is 19.1 Å². The molecule has 0 spiro atoms. The second kappa shape index (κ2) is 7.85. The third kappa shape index (κ3) is 4.61. The second-order valence-corrected chi connectivity index (χ2v) is 5.33. The van der Waals surface area contributed by atoms with Crippen molar-refractivity contribution in [2.24, 2.45) is 5.92 Å². The van der Waals surface area contributed by atoms with Crippen LogP contribution in [0.25, 0.3) is 0 Å². The number of nitrogens with one attached hydrogen (secondary N) is 1. The van der Waals surface area contributed by atoms with Gasteiger partial charge in [0.25, 0.3) is 0 Å². The number of esters is 1. The molecule has 21 heavy (non-hydrogen) atoms. The van der Waals surface area contributed by atoms with E-state index in [2.05, 4.69) is 5.32 Å². The first-order chi connectivity index (χ1) is 9.90. The first kappa shape index (κ1) is 17.3. The molecule has 1 N–H and O–H groups in total. The van der Waals surface area contributed by atoms with E-state index in [9.17, 15) is 14.4 Å². The minimum atomic E-state index is -0.640. The van der Waals surface area contributed by atoms with E-state index >= 15 is 0 Å². The molecular weight excluding hydrogens is 274 g/mol. The van der Waals surface area contributed by atoms with E-state index in [-0.39, 0.29) is 17.9 Å². The summed E-state index contributed by atoms with van der Waals surface area (Å²) in [7, 11) is 1.31. The normalized spacial score (nSPS) is 17.9. The molecule has 0 radical (unpaired) electrons. The second-order valence-electron chi connectivity index (χ2n) is 5.33. The van der Waals surface area contributed by atoms with Crippen LogP contribution in [0, 0.1) is 5.92 Å². The molecule has 1 rings (SSSR count). The molecule has 2 atom stereocenters. The van der Waals surface area contributed by atoms with Gasteiger partial charge < -0.3 is 19.9 Å². The molecule has 1 aliphatic heterocycles. The van der Waals surface area contributed by atoms with Crippen molar-refractivity contribution in [3.63, 3.8) is 0 Å². The number of rotatable bonds is 4. The van der Waals surface area contributed by atoms with Gasteiger partial charge in [-0.25, -0.2) is 9.59 Å². The number of methoxy groups -OCH3 is 1. The van der Waals surface area contributed by atoms with Crippen molar-refractivity contribution in [2.45, 2.75) is 33.2 Å². The third-order valence-corrected chi connectivity index (χ3v) is 3.96. The molecule has 0 bridgehead atoms. The maximum atomic E-state index is 12.2. The van der Waals surface area contributed by atoms with E-state index in [1.165, 1.54) is 14.0 Å². The Balaban J connectivity index is 2.58. The van der Waals surface area contributed by atoms with Gasteiger partial charge in [0, 0.05) is 33.1 Å². The molecular formula is C14H25N3O4. The molecule has 0 aromatic carbocycles. The van der Waals surface area contributed by atoms with Crippen molar-refractivity contribution in [3.8, 4) is 0 Å². The zero-order chi connectivity index (χ0) is 16.0. The predicted molar refractivity (Wildman–Crippen MR) is 77.6 cm³/mol. The molecule has 7 heteroatoms. The summed E-state index contributed by atoms with van der Waals surface area (Å²) in [6.45, 7) is 7.36. The van der Waals surface area contributed by atoms with E-state index in [1.54, 1.807) is 9.80 Å². The predicted octanol–water partition coefficient (Wildman–Crippen LogP) is 0.448. The first-order valence-electron chi connectivity index (χ1n) is 7.29. The molecule has 3 amide bonds. The van der Waals surface area contributed by atoms with E-state index in [0.717, 1.165) is 6.42 Å². The Morgan fingerprint density at radius 2 is 1.67 bits per heavy atom. The molecule has 0 aromatic heterocycles. The average molecular weight is 299 g/mol. The molecule has 1 saturated heterocycles. The lowest BCUT2D eigenvalue weighted by Crippen LogP contribution is -2.56. The van der Waals surface area contributed by atoms with E-state index in [1.807, 2.05) is 13.8 Å². The minimum absolute atomic E-state index is 0.0000846. The van der Waals surface area contributed by atoms with Crippen LogP contribution in [-0.4, -0.2) is 67.0 Å². The summed E-state index contributed by atoms with van der Waals surface area (Å²) in [6.07, 6.45) is 0.762. The Morgan fingerprint density at radius 3 is 2.10 bits per heavy atom. The maximum Gasteiger partial charge on any atom is 0.328 e. The van der Waals surface area contributed by atoms with Gasteiger partial charge in [0.05, 0.1) is 7.11 Å². The fourth-order valence-electron chi connectivity index (χ4n) is 2.24. The lowest BCUT2D eigenvalue weighted by atomic mass is 9.99. The van der Waals surface area contributed by atoms with Crippen LogP contribution in [0.1, 0.15) is 27.2 Å². The highest BCUT2D eigenvalue weighted by Gasteiger charge is 2.30. The highest BCUT2D eigenvalue weighted by Crippen LogP contribution is 2.10. The SMILES string of the molecule is CC[C@H](C)[C@H](NC(=O)N1CCN(C(C)=O)CC1)C(=O)OC. The van der Waals surface area contributed by atoms with E-state index in [0.29, 0.717) is 26.2 Å². The van der Waals surface area contributed by atoms with Crippen LogP contribution < -0.4 is 5.32 Å². The smallest absolute Gasteiger partial charge is 0.328 e. The fraction of sp³-hybridized carbons (Fsp3) is 0.786. The summed E-state index contributed by atoms with van der Waals surface area (Å²) < 4.78 is 4.75. The summed E-state index contributed by atoms with van der Waals surface area (Å²) >= 11 is 0. The number of nitrogens with zero attached hydrogens (tertiary/aromatic N) is 2. The molecule has 0 aliphatic carbocycles. The number of carbonyl (C=O) groups is 3. The summed E-state index contributed by atoms with van der Waals surface area (Å²) in [5, 5.41) is 2.74. The van der Waals surface area contributed by atoms with Crippen molar-refractivity contribution >= 4 is 17.9 Å². The van der Waals surface area contributed by atoms with Gasteiger partial charge in [-0.3, -0.25) is 4.79 Å². The minimum Gasteiger partial charge on any atom is -0.467 e.